The van der Waals surface area contributed by atoms with Gasteiger partial charge in [0.05, 0.1) is 5.38 Å². The van der Waals surface area contributed by atoms with Crippen LogP contribution >= 0.6 is 23.2 Å². The Morgan fingerprint density at radius 2 is 2.30 bits per heavy atom. The van der Waals surface area contributed by atoms with Crippen LogP contribution in [0.5, 0.6) is 0 Å². The summed E-state index contributed by atoms with van der Waals surface area (Å²) < 4.78 is 0. The van der Waals surface area contributed by atoms with Crippen LogP contribution in [0.1, 0.15) is 10.9 Å². The third kappa shape index (κ3) is 1.89. The maximum absolute atomic E-state index is 5.69. The predicted molar refractivity (Wildman–Crippen MR) is 44.2 cm³/mol. The zero-order chi connectivity index (χ0) is 7.56. The van der Waals surface area contributed by atoms with Crippen LogP contribution in [0.25, 0.3) is 0 Å². The number of rotatable bonds is 1. The maximum atomic E-state index is 5.69. The van der Waals surface area contributed by atoms with E-state index in [9.17, 15) is 0 Å². The lowest BCUT2D eigenvalue weighted by Crippen LogP contribution is -1.82. The van der Waals surface area contributed by atoms with E-state index in [1.54, 1.807) is 12.1 Å². The van der Waals surface area contributed by atoms with Gasteiger partial charge in [-0.25, -0.2) is 0 Å². The zero-order valence-corrected chi connectivity index (χ0v) is 6.78. The van der Waals surface area contributed by atoms with E-state index in [0.717, 1.165) is 5.56 Å². The van der Waals surface area contributed by atoms with Gasteiger partial charge in [-0.05, 0) is 18.6 Å². The van der Waals surface area contributed by atoms with Crippen LogP contribution in [0.2, 0.25) is 5.02 Å². The molecule has 0 N–H and O–H groups in total. The molecule has 1 aromatic rings. The van der Waals surface area contributed by atoms with Crippen molar-refractivity contribution < 1.29 is 0 Å². The number of halogens is 2. The van der Waals surface area contributed by atoms with Gasteiger partial charge < -0.3 is 0 Å². The van der Waals surface area contributed by atoms with Gasteiger partial charge in [-0.1, -0.05) is 23.7 Å². The smallest absolute Gasteiger partial charge is 0.0586 e. The molecule has 0 spiro atoms. The second kappa shape index (κ2) is 3.27. The molecular formula is C8H6Cl2. The highest BCUT2D eigenvalue weighted by molar-refractivity contribution is 6.30. The van der Waals surface area contributed by atoms with Crippen molar-refractivity contribution in [1.29, 1.82) is 0 Å². The fourth-order valence-corrected chi connectivity index (χ4v) is 0.973. The molecule has 0 heterocycles. The monoisotopic (exact) mass is 172 g/mol. The first kappa shape index (κ1) is 7.90. The minimum Gasteiger partial charge on any atom is -0.118 e. The zero-order valence-electron chi connectivity index (χ0n) is 5.27. The predicted octanol–water partition coefficient (Wildman–Crippen LogP) is 3.25. The van der Waals surface area contributed by atoms with Crippen LogP contribution in [0.3, 0.4) is 0 Å². The Hall–Kier alpha value is -0.200. The fourth-order valence-electron chi connectivity index (χ4n) is 0.648. The van der Waals surface area contributed by atoms with Crippen molar-refractivity contribution in [2.24, 2.45) is 0 Å². The Morgan fingerprint density at radius 3 is 2.70 bits per heavy atom. The van der Waals surface area contributed by atoms with Gasteiger partial charge in [-0.3, -0.25) is 0 Å². The highest BCUT2D eigenvalue weighted by Crippen LogP contribution is 2.21. The van der Waals surface area contributed by atoms with Gasteiger partial charge >= 0.3 is 0 Å². The maximum Gasteiger partial charge on any atom is 0.0586 e. The van der Waals surface area contributed by atoms with E-state index in [4.69, 9.17) is 23.2 Å². The van der Waals surface area contributed by atoms with Crippen LogP contribution in [0.15, 0.2) is 18.2 Å². The minimum absolute atomic E-state index is 0.230. The van der Waals surface area contributed by atoms with Crippen LogP contribution < -0.4 is 0 Å². The molecule has 0 fully saturated rings. The molecular weight excluding hydrogens is 167 g/mol. The second-order valence-corrected chi connectivity index (χ2v) is 2.87. The molecule has 0 nitrogen and oxygen atoms in total. The first-order valence-electron chi connectivity index (χ1n) is 2.84. The van der Waals surface area contributed by atoms with Crippen molar-refractivity contribution in [3.8, 4) is 0 Å². The standard InChI is InChI=1S/C8H6Cl2/c1-6(9)7-3-2-4-8(10)5-7/h2-3,5-6H,1H2. The molecule has 1 rings (SSSR count). The molecule has 2 radical (unpaired) electrons. The summed E-state index contributed by atoms with van der Waals surface area (Å²) in [6.45, 7) is 3.64. The van der Waals surface area contributed by atoms with Crippen molar-refractivity contribution in [2.45, 2.75) is 5.38 Å². The molecule has 0 aliphatic heterocycles. The van der Waals surface area contributed by atoms with E-state index >= 15 is 0 Å². The Morgan fingerprint density at radius 1 is 1.60 bits per heavy atom. The molecule has 1 unspecified atom stereocenters. The normalized spacial score (nSPS) is 13.1. The molecule has 0 bridgehead atoms. The topological polar surface area (TPSA) is 0 Å². The van der Waals surface area contributed by atoms with Crippen molar-refractivity contribution in [3.63, 3.8) is 0 Å². The Balaban J connectivity index is 2.96. The van der Waals surface area contributed by atoms with E-state index in [-0.39, 0.29) is 5.38 Å². The van der Waals surface area contributed by atoms with Crippen LogP contribution in [-0.2, 0) is 0 Å². The Bertz CT molecular complexity index is 218. The fraction of sp³-hybridized carbons (Fsp3) is 0.125. The van der Waals surface area contributed by atoms with Gasteiger partial charge in [0.2, 0.25) is 0 Å². The summed E-state index contributed by atoms with van der Waals surface area (Å²) in [5.41, 5.74) is 0.922. The number of alkyl halides is 1. The van der Waals surface area contributed by atoms with Crippen LogP contribution in [-0.4, -0.2) is 0 Å². The van der Waals surface area contributed by atoms with E-state index in [2.05, 4.69) is 13.0 Å². The van der Waals surface area contributed by atoms with Crippen LogP contribution in [0.4, 0.5) is 0 Å². The summed E-state index contributed by atoms with van der Waals surface area (Å²) in [5.74, 6) is 0. The molecule has 1 aromatic carbocycles. The van der Waals surface area contributed by atoms with E-state index in [0.29, 0.717) is 5.02 Å². The number of hydrogen-bond acceptors (Lipinski definition) is 0. The summed E-state index contributed by atoms with van der Waals surface area (Å²) >= 11 is 11.3. The molecule has 1 atom stereocenters. The molecule has 0 aromatic heterocycles. The molecule has 0 saturated heterocycles. The third-order valence-electron chi connectivity index (χ3n) is 1.15. The third-order valence-corrected chi connectivity index (χ3v) is 1.62. The van der Waals surface area contributed by atoms with Crippen molar-refractivity contribution in [1.82, 2.24) is 0 Å². The summed E-state index contributed by atoms with van der Waals surface area (Å²) in [6.07, 6.45) is 0. The Labute approximate surface area is 70.8 Å². The largest absolute Gasteiger partial charge is 0.118 e. The van der Waals surface area contributed by atoms with Gasteiger partial charge in [0, 0.05) is 11.1 Å². The molecule has 0 aliphatic carbocycles. The molecule has 0 amide bonds. The first-order valence-corrected chi connectivity index (χ1v) is 3.66. The van der Waals surface area contributed by atoms with Gasteiger partial charge in [0.25, 0.3) is 0 Å². The molecule has 0 aliphatic rings. The average Bonchev–Trinajstić information content (AvgIpc) is 1.88. The first-order chi connectivity index (χ1) is 4.70. The highest BCUT2D eigenvalue weighted by Gasteiger charge is 1.99. The number of hydrogen-bond donors (Lipinski definition) is 0. The summed E-state index contributed by atoms with van der Waals surface area (Å²) in [7, 11) is 0. The molecule has 52 valence electrons. The molecule has 2 heteroatoms. The molecule has 0 saturated carbocycles. The number of benzene rings is 1. The van der Waals surface area contributed by atoms with E-state index in [1.165, 1.54) is 0 Å². The second-order valence-electron chi connectivity index (χ2n) is 1.94. The van der Waals surface area contributed by atoms with Gasteiger partial charge in [0.15, 0.2) is 0 Å². The van der Waals surface area contributed by atoms with Crippen molar-refractivity contribution in [3.05, 3.63) is 41.8 Å². The van der Waals surface area contributed by atoms with E-state index < -0.39 is 0 Å². The van der Waals surface area contributed by atoms with Gasteiger partial charge in [-0.15, -0.1) is 11.6 Å². The van der Waals surface area contributed by atoms with Gasteiger partial charge in [-0.2, -0.15) is 0 Å². The van der Waals surface area contributed by atoms with Crippen LogP contribution in [0, 0.1) is 13.0 Å². The highest BCUT2D eigenvalue weighted by atomic mass is 35.5. The van der Waals surface area contributed by atoms with Crippen molar-refractivity contribution >= 4 is 23.2 Å². The van der Waals surface area contributed by atoms with E-state index in [1.807, 2.05) is 6.07 Å². The lowest BCUT2D eigenvalue weighted by Gasteiger charge is -2.01. The lowest BCUT2D eigenvalue weighted by atomic mass is 10.2. The summed E-state index contributed by atoms with van der Waals surface area (Å²) in [5, 5.41) is 0.346. The van der Waals surface area contributed by atoms with Crippen molar-refractivity contribution in [2.75, 3.05) is 0 Å². The summed E-state index contributed by atoms with van der Waals surface area (Å²) in [6, 6.07) is 8.14. The minimum atomic E-state index is -0.230. The molecule has 10 heavy (non-hydrogen) atoms. The Kier molecular flexibility index (Phi) is 2.58. The quantitative estimate of drug-likeness (QED) is 0.571. The summed E-state index contributed by atoms with van der Waals surface area (Å²) in [4.78, 5) is 0. The van der Waals surface area contributed by atoms with Gasteiger partial charge in [0.1, 0.15) is 0 Å². The average molecular weight is 173 g/mol. The SMILES string of the molecule is [CH2]C(Cl)c1cc[c]c(Cl)c1. The lowest BCUT2D eigenvalue weighted by molar-refractivity contribution is 1.21.